The van der Waals surface area contributed by atoms with Gasteiger partial charge in [-0.2, -0.15) is 0 Å². The highest BCUT2D eigenvalue weighted by Gasteiger charge is 2.31. The molecule has 0 amide bonds. The van der Waals surface area contributed by atoms with E-state index in [1.165, 1.54) is 22.4 Å². The van der Waals surface area contributed by atoms with Gasteiger partial charge in [-0.05, 0) is 43.0 Å². The minimum absolute atomic E-state index is 0.137. The normalized spacial score (nSPS) is 22.5. The van der Waals surface area contributed by atoms with Crippen LogP contribution < -0.4 is 10.2 Å². The summed E-state index contributed by atoms with van der Waals surface area (Å²) in [4.78, 5) is 13.2. The highest BCUT2D eigenvalue weighted by atomic mass is 16.4. The summed E-state index contributed by atoms with van der Waals surface area (Å²) in [6, 6.07) is 4.50. The van der Waals surface area contributed by atoms with E-state index in [1.807, 2.05) is 14.1 Å². The molecule has 0 bridgehead atoms. The number of carboxylic acid groups (broad SMARTS) is 1. The Morgan fingerprint density at radius 3 is 2.47 bits per heavy atom. The topological polar surface area (TPSA) is 52.6 Å². The number of aliphatic carboxylic acids is 1. The molecule has 0 aromatic heterocycles. The fraction of sp³-hybridized carbons (Fsp3) is 0.533. The average molecular weight is 262 g/mol. The number of aryl methyl sites for hydroxylation is 2. The molecule has 0 saturated carbocycles. The number of hydrogen-bond acceptors (Lipinski definition) is 3. The quantitative estimate of drug-likeness (QED) is 0.876. The molecule has 19 heavy (non-hydrogen) atoms. The summed E-state index contributed by atoms with van der Waals surface area (Å²) in [6.45, 7) is 4.76. The van der Waals surface area contributed by atoms with Crippen molar-refractivity contribution < 1.29 is 9.90 Å². The molecule has 4 nitrogen and oxygen atoms in total. The van der Waals surface area contributed by atoms with Crippen LogP contribution in [0.4, 0.5) is 5.69 Å². The minimum Gasteiger partial charge on any atom is -0.481 e. The third-order valence-corrected chi connectivity index (χ3v) is 3.98. The Labute approximate surface area is 114 Å². The molecule has 1 aromatic rings. The van der Waals surface area contributed by atoms with Crippen LogP contribution in [-0.2, 0) is 4.79 Å². The molecule has 2 N–H and O–H groups in total. The molecule has 0 spiro atoms. The molecule has 1 aliphatic heterocycles. The largest absolute Gasteiger partial charge is 0.481 e. The summed E-state index contributed by atoms with van der Waals surface area (Å²) in [6.07, 6.45) is 0.665. The lowest BCUT2D eigenvalue weighted by molar-refractivity contribution is -0.141. The van der Waals surface area contributed by atoms with Crippen molar-refractivity contribution in [3.8, 4) is 0 Å². The Kier molecular flexibility index (Phi) is 3.80. The first kappa shape index (κ1) is 13.9. The SMILES string of the molecule is Cc1cc(C2CC(C(=O)O)CN2)c(N(C)C)cc1C. The molecular weight excluding hydrogens is 240 g/mol. The first-order valence-corrected chi connectivity index (χ1v) is 6.64. The zero-order valence-corrected chi connectivity index (χ0v) is 12.0. The van der Waals surface area contributed by atoms with Crippen LogP contribution in [0.1, 0.15) is 29.2 Å². The Morgan fingerprint density at radius 2 is 1.95 bits per heavy atom. The molecule has 2 rings (SSSR count). The van der Waals surface area contributed by atoms with Crippen LogP contribution in [0.25, 0.3) is 0 Å². The molecule has 1 heterocycles. The molecule has 104 valence electrons. The maximum absolute atomic E-state index is 11.1. The van der Waals surface area contributed by atoms with Crippen molar-refractivity contribution in [3.05, 3.63) is 28.8 Å². The van der Waals surface area contributed by atoms with E-state index in [1.54, 1.807) is 0 Å². The molecule has 2 unspecified atom stereocenters. The van der Waals surface area contributed by atoms with Gasteiger partial charge in [0.25, 0.3) is 0 Å². The van der Waals surface area contributed by atoms with E-state index in [9.17, 15) is 4.79 Å². The summed E-state index contributed by atoms with van der Waals surface area (Å²) in [7, 11) is 4.05. The van der Waals surface area contributed by atoms with E-state index < -0.39 is 5.97 Å². The number of hydrogen-bond donors (Lipinski definition) is 2. The smallest absolute Gasteiger partial charge is 0.307 e. The zero-order chi connectivity index (χ0) is 14.2. The second-order valence-corrected chi connectivity index (χ2v) is 5.62. The summed E-state index contributed by atoms with van der Waals surface area (Å²) in [5.74, 6) is -0.980. The van der Waals surface area contributed by atoms with Crippen LogP contribution in [0.5, 0.6) is 0 Å². The van der Waals surface area contributed by atoms with Gasteiger partial charge in [-0.3, -0.25) is 4.79 Å². The van der Waals surface area contributed by atoms with Gasteiger partial charge in [0.1, 0.15) is 0 Å². The van der Waals surface area contributed by atoms with Gasteiger partial charge >= 0.3 is 5.97 Å². The fourth-order valence-electron chi connectivity index (χ4n) is 2.65. The molecule has 0 radical (unpaired) electrons. The van der Waals surface area contributed by atoms with Gasteiger partial charge in [-0.25, -0.2) is 0 Å². The lowest BCUT2D eigenvalue weighted by atomic mass is 9.95. The fourth-order valence-corrected chi connectivity index (χ4v) is 2.65. The van der Waals surface area contributed by atoms with Crippen molar-refractivity contribution in [2.24, 2.45) is 5.92 Å². The van der Waals surface area contributed by atoms with Crippen molar-refractivity contribution in [2.45, 2.75) is 26.3 Å². The van der Waals surface area contributed by atoms with Crippen LogP contribution in [0.2, 0.25) is 0 Å². The minimum atomic E-state index is -0.703. The summed E-state index contributed by atoms with van der Waals surface area (Å²) in [5.41, 5.74) is 4.89. The first-order valence-electron chi connectivity index (χ1n) is 6.64. The van der Waals surface area contributed by atoms with Crippen LogP contribution in [0.3, 0.4) is 0 Å². The molecule has 4 heteroatoms. The number of nitrogens with one attached hydrogen (secondary N) is 1. The van der Waals surface area contributed by atoms with Crippen LogP contribution in [0.15, 0.2) is 12.1 Å². The van der Waals surface area contributed by atoms with E-state index in [2.05, 4.69) is 36.2 Å². The molecule has 2 atom stereocenters. The second-order valence-electron chi connectivity index (χ2n) is 5.62. The Morgan fingerprint density at radius 1 is 1.32 bits per heavy atom. The third-order valence-electron chi connectivity index (χ3n) is 3.98. The van der Waals surface area contributed by atoms with Gasteiger partial charge in [-0.1, -0.05) is 6.07 Å². The molecule has 0 aliphatic carbocycles. The number of nitrogens with zero attached hydrogens (tertiary/aromatic N) is 1. The molecular formula is C15H22N2O2. The van der Waals surface area contributed by atoms with Gasteiger partial charge < -0.3 is 15.3 Å². The lowest BCUT2D eigenvalue weighted by Gasteiger charge is -2.23. The number of carbonyl (C=O) groups is 1. The maximum atomic E-state index is 11.1. The van der Waals surface area contributed by atoms with Gasteiger partial charge in [0, 0.05) is 32.4 Å². The molecule has 1 aliphatic rings. The number of anilines is 1. The molecule has 1 aromatic carbocycles. The Hall–Kier alpha value is -1.55. The van der Waals surface area contributed by atoms with Crippen molar-refractivity contribution in [2.75, 3.05) is 25.5 Å². The van der Waals surface area contributed by atoms with Gasteiger partial charge in [0.2, 0.25) is 0 Å². The predicted molar refractivity (Wildman–Crippen MR) is 76.7 cm³/mol. The van der Waals surface area contributed by atoms with Crippen LogP contribution in [0, 0.1) is 19.8 Å². The van der Waals surface area contributed by atoms with Crippen molar-refractivity contribution >= 4 is 11.7 Å². The molecule has 1 fully saturated rings. The van der Waals surface area contributed by atoms with E-state index in [0.29, 0.717) is 13.0 Å². The van der Waals surface area contributed by atoms with Crippen molar-refractivity contribution in [1.29, 1.82) is 0 Å². The van der Waals surface area contributed by atoms with E-state index in [4.69, 9.17) is 5.11 Å². The Bertz CT molecular complexity index is 497. The highest BCUT2D eigenvalue weighted by molar-refractivity contribution is 5.71. The van der Waals surface area contributed by atoms with Gasteiger partial charge in [-0.15, -0.1) is 0 Å². The Balaban J connectivity index is 2.34. The number of benzene rings is 1. The van der Waals surface area contributed by atoms with Gasteiger partial charge in [0.05, 0.1) is 5.92 Å². The lowest BCUT2D eigenvalue weighted by Crippen LogP contribution is -2.19. The summed E-state index contributed by atoms with van der Waals surface area (Å²) in [5, 5.41) is 12.4. The maximum Gasteiger partial charge on any atom is 0.307 e. The summed E-state index contributed by atoms with van der Waals surface area (Å²) >= 11 is 0. The highest BCUT2D eigenvalue weighted by Crippen LogP contribution is 2.34. The number of carboxylic acids is 1. The second kappa shape index (κ2) is 5.21. The first-order chi connectivity index (χ1) is 8.90. The molecule has 1 saturated heterocycles. The summed E-state index contributed by atoms with van der Waals surface area (Å²) < 4.78 is 0. The zero-order valence-electron chi connectivity index (χ0n) is 12.0. The van der Waals surface area contributed by atoms with Crippen molar-refractivity contribution in [1.82, 2.24) is 5.32 Å². The van der Waals surface area contributed by atoms with Crippen LogP contribution in [-0.4, -0.2) is 31.7 Å². The van der Waals surface area contributed by atoms with E-state index in [0.717, 1.165) is 0 Å². The number of rotatable bonds is 3. The standard InChI is InChI=1S/C15H22N2O2/c1-9-5-12(14(17(3)4)6-10(9)2)13-7-11(8-16-13)15(18)19/h5-6,11,13,16H,7-8H2,1-4H3,(H,18,19). The van der Waals surface area contributed by atoms with E-state index >= 15 is 0 Å². The predicted octanol–water partition coefficient (Wildman–Crippen LogP) is 2.10. The third kappa shape index (κ3) is 2.73. The van der Waals surface area contributed by atoms with E-state index in [-0.39, 0.29) is 12.0 Å². The van der Waals surface area contributed by atoms with Crippen LogP contribution >= 0.6 is 0 Å². The van der Waals surface area contributed by atoms with Crippen molar-refractivity contribution in [3.63, 3.8) is 0 Å². The monoisotopic (exact) mass is 262 g/mol. The average Bonchev–Trinajstić information content (AvgIpc) is 2.81. The van der Waals surface area contributed by atoms with Gasteiger partial charge in [0.15, 0.2) is 0 Å².